The molecule has 4 amide bonds. The first kappa shape index (κ1) is 87.7. The molecule has 0 bridgehead atoms. The van der Waals surface area contributed by atoms with E-state index in [0.29, 0.717) is 12.8 Å². The van der Waals surface area contributed by atoms with Crippen LogP contribution in [0.4, 0.5) is 0 Å². The van der Waals surface area contributed by atoms with Crippen molar-refractivity contribution in [3.63, 3.8) is 0 Å². The van der Waals surface area contributed by atoms with Crippen LogP contribution in [0.1, 0.15) is 374 Å². The Morgan fingerprint density at radius 3 is 0.796 bits per heavy atom. The molecule has 0 spiro atoms. The van der Waals surface area contributed by atoms with Crippen LogP contribution in [-0.4, -0.2) is 81.6 Å². The summed E-state index contributed by atoms with van der Waals surface area (Å²) in [6.45, 7) is 27.5. The second-order valence-electron chi connectivity index (χ2n) is 32.0. The van der Waals surface area contributed by atoms with Crippen LogP contribution in [0.15, 0.2) is 0 Å². The van der Waals surface area contributed by atoms with E-state index in [1.54, 1.807) is 0 Å². The summed E-state index contributed by atoms with van der Waals surface area (Å²) < 4.78 is 20.9. The molecule has 93 heavy (non-hydrogen) atoms. The van der Waals surface area contributed by atoms with E-state index >= 15 is 0 Å². The van der Waals surface area contributed by atoms with Crippen molar-refractivity contribution in [3.8, 4) is 0 Å². The molecule has 0 radical (unpaired) electrons. The summed E-state index contributed by atoms with van der Waals surface area (Å²) in [5, 5.41) is 13.7. The maximum atomic E-state index is 13.8. The Kier molecular flexibility index (Phi) is 51.4. The molecule has 548 valence electrons. The first-order valence-corrected chi connectivity index (χ1v) is 52.8. The summed E-state index contributed by atoms with van der Waals surface area (Å²) in [5.74, 6) is 1.02. The highest BCUT2D eigenvalue weighted by molar-refractivity contribution is 6.89. The number of rotatable bonds is 62. The minimum Gasteiger partial charge on any atom is -0.436 e. The minimum absolute atomic E-state index is 0.0589. The van der Waals surface area contributed by atoms with Crippen molar-refractivity contribution in [2.45, 2.75) is 463 Å². The number of carbonyl (C=O) groups is 4. The fourth-order valence-electron chi connectivity index (χ4n) is 15.5. The zero-order valence-corrected chi connectivity index (χ0v) is 67.9. The van der Waals surface area contributed by atoms with Crippen molar-refractivity contribution in [2.75, 3.05) is 0 Å². The first-order chi connectivity index (χ1) is 44.6. The normalized spacial score (nSPS) is 18.1. The monoisotopic (exact) mass is 1380 g/mol. The number of hydrogen-bond acceptors (Lipinski definition) is 7. The van der Waals surface area contributed by atoms with Gasteiger partial charge in [-0.25, -0.2) is 0 Å². The molecule has 0 aliphatic heterocycles. The van der Waals surface area contributed by atoms with E-state index in [1.807, 2.05) is 0 Å². The van der Waals surface area contributed by atoms with E-state index in [9.17, 15) is 19.2 Å². The van der Waals surface area contributed by atoms with Crippen LogP contribution in [0.3, 0.4) is 0 Å². The van der Waals surface area contributed by atoms with Gasteiger partial charge in [0.05, 0.1) is 0 Å². The van der Waals surface area contributed by atoms with Crippen molar-refractivity contribution >= 4 is 57.4 Å². The average molecular weight is 1380 g/mol. The molecule has 2 aliphatic rings. The Morgan fingerprint density at radius 2 is 0.527 bits per heavy atom. The standard InChI is InChI=1S/C78H158N4O7Si4/c1-13-17-21-25-31-39-47-59-69(57-45-37-23-19-15-3)77(85)81-73-63-53-51-61-71(73)79-75(83)65-49-41-33-27-29-35-43-55-67-90(5,6)87-92(9,10)89-93(11,12)88-91(7,8)68-56-44-36-30-28-34-42-50-66-76(84)80-72-62-52-54-64-74(72)82-78(86)70(58-46-38-24-20-16-4)60-48-40-32-26-22-18-14-2/h69-74H,13-68H2,1-12H3,(H,79,83)(H,80,84)(H,81,85)(H,82,86)/t69?,70?,71-,72-,73-,74-/m1/s1. The van der Waals surface area contributed by atoms with Gasteiger partial charge < -0.3 is 33.6 Å². The van der Waals surface area contributed by atoms with Gasteiger partial charge in [-0.05, 0) is 129 Å². The van der Waals surface area contributed by atoms with E-state index in [4.69, 9.17) is 12.3 Å². The summed E-state index contributed by atoms with van der Waals surface area (Å²) in [5.41, 5.74) is 0. The molecule has 6 atom stereocenters. The fourth-order valence-corrected chi connectivity index (χ4v) is 35.0. The lowest BCUT2D eigenvalue weighted by Gasteiger charge is -2.41. The lowest BCUT2D eigenvalue weighted by Crippen LogP contribution is -2.56. The number of hydrogen-bond donors (Lipinski definition) is 4. The molecule has 0 heterocycles. The Bertz CT molecular complexity index is 1730. The Hall–Kier alpha value is -1.37. The molecule has 2 rings (SSSR count). The van der Waals surface area contributed by atoms with Crippen molar-refractivity contribution in [3.05, 3.63) is 0 Å². The average Bonchev–Trinajstić information content (AvgIpc) is 0.939. The van der Waals surface area contributed by atoms with Crippen LogP contribution in [-0.2, 0) is 31.5 Å². The lowest BCUT2D eigenvalue weighted by molar-refractivity contribution is -0.128. The molecule has 2 unspecified atom stereocenters. The van der Waals surface area contributed by atoms with Gasteiger partial charge in [-0.15, -0.1) is 0 Å². The molecule has 0 aromatic heterocycles. The highest BCUT2D eigenvalue weighted by Crippen LogP contribution is 2.31. The van der Waals surface area contributed by atoms with E-state index in [2.05, 4.69) is 101 Å². The van der Waals surface area contributed by atoms with Gasteiger partial charge in [-0.2, -0.15) is 0 Å². The van der Waals surface area contributed by atoms with Gasteiger partial charge in [0.25, 0.3) is 0 Å². The summed E-state index contributed by atoms with van der Waals surface area (Å²) in [6.07, 6.45) is 62.7. The molecule has 2 fully saturated rings. The van der Waals surface area contributed by atoms with Crippen LogP contribution >= 0.6 is 0 Å². The smallest absolute Gasteiger partial charge is 0.312 e. The summed E-state index contributed by atoms with van der Waals surface area (Å²) in [6, 6.07) is 2.56. The molecule has 0 aromatic carbocycles. The maximum absolute atomic E-state index is 13.8. The van der Waals surface area contributed by atoms with E-state index in [-0.39, 0.29) is 59.6 Å². The second kappa shape index (κ2) is 54.5. The first-order valence-electron chi connectivity index (χ1n) is 40.9. The van der Waals surface area contributed by atoms with Crippen LogP contribution in [0.5, 0.6) is 0 Å². The van der Waals surface area contributed by atoms with E-state index in [1.165, 1.54) is 205 Å². The predicted octanol–water partition coefficient (Wildman–Crippen LogP) is 23.2. The molecule has 0 aromatic rings. The van der Waals surface area contributed by atoms with Gasteiger partial charge in [0, 0.05) is 48.8 Å². The fraction of sp³-hybridized carbons (Fsp3) is 0.949. The van der Waals surface area contributed by atoms with Crippen molar-refractivity contribution in [1.82, 2.24) is 21.3 Å². The quantitative estimate of drug-likeness (QED) is 0.0351. The van der Waals surface area contributed by atoms with Crippen LogP contribution < -0.4 is 21.3 Å². The van der Waals surface area contributed by atoms with E-state index < -0.39 is 33.8 Å². The van der Waals surface area contributed by atoms with Crippen LogP contribution in [0, 0.1) is 11.8 Å². The molecule has 2 saturated carbocycles. The highest BCUT2D eigenvalue weighted by atomic mass is 28.5. The minimum atomic E-state index is -2.39. The second-order valence-corrected chi connectivity index (χ2v) is 48.1. The summed E-state index contributed by atoms with van der Waals surface area (Å²) in [4.78, 5) is 54.0. The van der Waals surface area contributed by atoms with Crippen molar-refractivity contribution in [1.29, 1.82) is 0 Å². The third-order valence-electron chi connectivity index (χ3n) is 20.6. The van der Waals surface area contributed by atoms with Gasteiger partial charge in [-0.1, -0.05) is 297 Å². The molecule has 11 nitrogen and oxygen atoms in total. The van der Waals surface area contributed by atoms with Crippen LogP contribution in [0.25, 0.3) is 0 Å². The van der Waals surface area contributed by atoms with Gasteiger partial charge in [-0.3, -0.25) is 19.2 Å². The third kappa shape index (κ3) is 47.3. The zero-order chi connectivity index (χ0) is 68.3. The number of unbranched alkanes of at least 4 members (excludes halogenated alkanes) is 34. The molecular formula is C78H158N4O7Si4. The number of amides is 4. The molecular weight excluding hydrogens is 1220 g/mol. The predicted molar refractivity (Wildman–Crippen MR) is 410 cm³/mol. The van der Waals surface area contributed by atoms with Gasteiger partial charge in [0.2, 0.25) is 23.6 Å². The van der Waals surface area contributed by atoms with E-state index in [0.717, 1.165) is 141 Å². The van der Waals surface area contributed by atoms with Crippen molar-refractivity contribution < 1.29 is 31.5 Å². The topological polar surface area (TPSA) is 144 Å². The highest BCUT2D eigenvalue weighted by Gasteiger charge is 2.43. The summed E-state index contributed by atoms with van der Waals surface area (Å²) in [7, 11) is -8.58. The zero-order valence-electron chi connectivity index (χ0n) is 63.9. The van der Waals surface area contributed by atoms with Crippen LogP contribution in [0.2, 0.25) is 64.5 Å². The Morgan fingerprint density at radius 1 is 0.301 bits per heavy atom. The van der Waals surface area contributed by atoms with Gasteiger partial charge >= 0.3 is 17.1 Å². The maximum Gasteiger partial charge on any atom is 0.312 e. The molecule has 15 heteroatoms. The SMILES string of the molecule is CCCCCCCCCC(CCCCCCC)C(=O)N[C@@H]1CCCC[C@H]1NC(=O)CCCCCCCCCC[Si](C)(C)O[Si](C)(C)O[Si](C)(C)O[Si](C)(C)CCCCCCCCCCC(=O)N[C@@H]1CCCC[C@H]1NC(=O)C(CCCCCCC)CCCCCCCCC. The molecule has 2 aliphatic carbocycles. The Labute approximate surface area is 581 Å². The number of nitrogens with one attached hydrogen (secondary N) is 4. The molecule has 4 N–H and O–H groups in total. The largest absolute Gasteiger partial charge is 0.436 e. The lowest BCUT2D eigenvalue weighted by atomic mass is 9.88. The van der Waals surface area contributed by atoms with Gasteiger partial charge in [0.1, 0.15) is 0 Å². The van der Waals surface area contributed by atoms with Gasteiger partial charge in [0.15, 0.2) is 16.6 Å². The number of carbonyl (C=O) groups excluding carboxylic acids is 4. The molecule has 0 saturated heterocycles. The third-order valence-corrected chi connectivity index (χ3v) is 36.0. The van der Waals surface area contributed by atoms with Crippen molar-refractivity contribution in [2.24, 2.45) is 11.8 Å². The Balaban J connectivity index is 1.59. The summed E-state index contributed by atoms with van der Waals surface area (Å²) >= 11 is 0.